The summed E-state index contributed by atoms with van der Waals surface area (Å²) in [6.45, 7) is 3.14. The van der Waals surface area contributed by atoms with Gasteiger partial charge in [-0.2, -0.15) is 0 Å². The molecule has 0 amide bonds. The summed E-state index contributed by atoms with van der Waals surface area (Å²) in [6, 6.07) is 10.1. The van der Waals surface area contributed by atoms with Crippen LogP contribution in [0.3, 0.4) is 0 Å². The molecule has 1 aliphatic carbocycles. The molecule has 0 radical (unpaired) electrons. The van der Waals surface area contributed by atoms with Crippen molar-refractivity contribution < 1.29 is 14.6 Å². The molecule has 1 N–H and O–H groups in total. The average Bonchev–Trinajstić information content (AvgIpc) is 2.77. The lowest BCUT2D eigenvalue weighted by molar-refractivity contribution is -0.152. The lowest BCUT2D eigenvalue weighted by Gasteiger charge is -2.22. The van der Waals surface area contributed by atoms with Crippen LogP contribution in [-0.2, 0) is 17.6 Å². The highest BCUT2D eigenvalue weighted by atomic mass is 16.5. The molecule has 2 aromatic carbocycles. The minimum absolute atomic E-state index is 0.648. The van der Waals surface area contributed by atoms with Crippen LogP contribution in [0.2, 0.25) is 0 Å². The monoisotopic (exact) mass is 256 g/mol. The van der Waals surface area contributed by atoms with E-state index in [4.69, 9.17) is 4.74 Å². The Morgan fingerprint density at radius 3 is 2.53 bits per heavy atom. The smallest absolute Gasteiger partial charge is 0.347 e. The van der Waals surface area contributed by atoms with Gasteiger partial charge in [-0.25, -0.2) is 4.79 Å². The van der Waals surface area contributed by atoms with Crippen LogP contribution in [-0.4, -0.2) is 16.7 Å². The second-order valence-corrected chi connectivity index (χ2v) is 5.48. The number of ether oxygens (including phenoxy) is 1. The first-order chi connectivity index (χ1) is 8.99. The molecule has 0 unspecified atom stereocenters. The molecule has 0 spiro atoms. The fourth-order valence-corrected chi connectivity index (χ4v) is 2.63. The first-order valence-corrected chi connectivity index (χ1v) is 6.45. The highest BCUT2D eigenvalue weighted by Gasteiger charge is 2.30. The number of hydrogen-bond acceptors (Lipinski definition) is 2. The highest BCUT2D eigenvalue weighted by Crippen LogP contribution is 2.37. The summed E-state index contributed by atoms with van der Waals surface area (Å²) in [4.78, 5) is 11.2. The third kappa shape index (κ3) is 1.86. The van der Waals surface area contributed by atoms with Crippen molar-refractivity contribution in [2.75, 3.05) is 0 Å². The van der Waals surface area contributed by atoms with Crippen molar-refractivity contribution in [2.45, 2.75) is 32.3 Å². The number of carboxylic acids is 1. The summed E-state index contributed by atoms with van der Waals surface area (Å²) in [5, 5.41) is 11.4. The van der Waals surface area contributed by atoms with Crippen molar-refractivity contribution in [3.63, 3.8) is 0 Å². The second kappa shape index (κ2) is 3.98. The molecule has 3 rings (SSSR count). The van der Waals surface area contributed by atoms with Crippen molar-refractivity contribution in [2.24, 2.45) is 0 Å². The molecule has 0 saturated heterocycles. The molecule has 0 heterocycles. The molecular formula is C16H16O3. The molecule has 0 aliphatic heterocycles. The lowest BCUT2D eigenvalue weighted by atomic mass is 10.0. The van der Waals surface area contributed by atoms with Gasteiger partial charge in [0.25, 0.3) is 0 Å². The molecular weight excluding hydrogens is 240 g/mol. The molecule has 19 heavy (non-hydrogen) atoms. The largest absolute Gasteiger partial charge is 0.478 e. The van der Waals surface area contributed by atoms with E-state index in [-0.39, 0.29) is 0 Å². The van der Waals surface area contributed by atoms with Crippen LogP contribution in [0.5, 0.6) is 5.75 Å². The zero-order chi connectivity index (χ0) is 13.6. The molecule has 98 valence electrons. The minimum Gasteiger partial charge on any atom is -0.478 e. The number of aryl methyl sites for hydroxylation is 2. The number of aliphatic carboxylic acids is 1. The van der Waals surface area contributed by atoms with Gasteiger partial charge < -0.3 is 9.84 Å². The number of benzene rings is 2. The summed E-state index contributed by atoms with van der Waals surface area (Å²) in [5.41, 5.74) is 1.43. The third-order valence-corrected chi connectivity index (χ3v) is 3.72. The van der Waals surface area contributed by atoms with Gasteiger partial charge in [0.2, 0.25) is 0 Å². The lowest BCUT2D eigenvalue weighted by Crippen LogP contribution is -2.37. The van der Waals surface area contributed by atoms with Gasteiger partial charge in [-0.1, -0.05) is 24.3 Å². The number of carboxylic acid groups (broad SMARTS) is 1. The Morgan fingerprint density at radius 1 is 1.16 bits per heavy atom. The predicted molar refractivity (Wildman–Crippen MR) is 73.7 cm³/mol. The summed E-state index contributed by atoms with van der Waals surface area (Å²) in [7, 11) is 0. The van der Waals surface area contributed by atoms with E-state index >= 15 is 0 Å². The summed E-state index contributed by atoms with van der Waals surface area (Å²) < 4.78 is 5.71. The van der Waals surface area contributed by atoms with E-state index in [9.17, 15) is 9.90 Å². The maximum absolute atomic E-state index is 11.2. The molecule has 2 aromatic rings. The standard InChI is InChI=1S/C16H16O3/c1-16(2,15(17)18)19-13-9-8-11-7-6-10-4-3-5-12(13)14(10)11/h3-5,8-9H,6-7H2,1-2H3,(H,17,18). The van der Waals surface area contributed by atoms with Gasteiger partial charge in [-0.15, -0.1) is 0 Å². The summed E-state index contributed by atoms with van der Waals surface area (Å²) in [6.07, 6.45) is 2.11. The Morgan fingerprint density at radius 2 is 1.84 bits per heavy atom. The van der Waals surface area contributed by atoms with Crippen molar-refractivity contribution in [3.8, 4) is 5.75 Å². The minimum atomic E-state index is -1.22. The van der Waals surface area contributed by atoms with Crippen LogP contribution in [0.25, 0.3) is 10.8 Å². The molecule has 3 nitrogen and oxygen atoms in total. The topological polar surface area (TPSA) is 46.5 Å². The van der Waals surface area contributed by atoms with Gasteiger partial charge in [0.15, 0.2) is 5.60 Å². The van der Waals surface area contributed by atoms with Crippen molar-refractivity contribution in [1.82, 2.24) is 0 Å². The highest BCUT2D eigenvalue weighted by molar-refractivity contribution is 5.95. The Bertz CT molecular complexity index is 661. The molecule has 1 aliphatic rings. The van der Waals surface area contributed by atoms with Crippen LogP contribution in [0.15, 0.2) is 30.3 Å². The molecule has 0 aromatic heterocycles. The third-order valence-electron chi connectivity index (χ3n) is 3.72. The van der Waals surface area contributed by atoms with Gasteiger partial charge in [0, 0.05) is 5.39 Å². The van der Waals surface area contributed by atoms with E-state index in [0.717, 1.165) is 18.2 Å². The van der Waals surface area contributed by atoms with Crippen LogP contribution in [0.1, 0.15) is 25.0 Å². The zero-order valence-corrected chi connectivity index (χ0v) is 11.1. The van der Waals surface area contributed by atoms with Gasteiger partial charge in [-0.05, 0) is 49.3 Å². The van der Waals surface area contributed by atoms with Gasteiger partial charge in [0.05, 0.1) is 0 Å². The SMILES string of the molecule is CC(C)(Oc1ccc2c3c(cccc13)CC2)C(=O)O. The van der Waals surface area contributed by atoms with Crippen molar-refractivity contribution in [1.29, 1.82) is 0 Å². The van der Waals surface area contributed by atoms with Gasteiger partial charge >= 0.3 is 5.97 Å². The zero-order valence-electron chi connectivity index (χ0n) is 11.1. The van der Waals surface area contributed by atoms with E-state index in [1.54, 1.807) is 13.8 Å². The predicted octanol–water partition coefficient (Wildman–Crippen LogP) is 3.18. The van der Waals surface area contributed by atoms with Crippen molar-refractivity contribution in [3.05, 3.63) is 41.5 Å². The Hall–Kier alpha value is -2.03. The molecule has 0 fully saturated rings. The van der Waals surface area contributed by atoms with Gasteiger partial charge in [-0.3, -0.25) is 0 Å². The van der Waals surface area contributed by atoms with E-state index in [1.165, 1.54) is 16.5 Å². The quantitative estimate of drug-likeness (QED) is 0.917. The molecule has 0 bridgehead atoms. The van der Waals surface area contributed by atoms with Gasteiger partial charge in [0.1, 0.15) is 5.75 Å². The van der Waals surface area contributed by atoms with E-state index in [1.807, 2.05) is 24.3 Å². The first-order valence-electron chi connectivity index (χ1n) is 6.45. The van der Waals surface area contributed by atoms with E-state index in [0.29, 0.717) is 5.75 Å². The summed E-state index contributed by atoms with van der Waals surface area (Å²) >= 11 is 0. The number of carbonyl (C=O) groups is 1. The Balaban J connectivity index is 2.14. The van der Waals surface area contributed by atoms with Crippen LogP contribution in [0, 0.1) is 0 Å². The van der Waals surface area contributed by atoms with E-state index < -0.39 is 11.6 Å². The summed E-state index contributed by atoms with van der Waals surface area (Å²) in [5.74, 6) is -0.314. The van der Waals surface area contributed by atoms with E-state index in [2.05, 4.69) is 6.07 Å². The Kier molecular flexibility index (Phi) is 2.52. The number of rotatable bonds is 3. The Labute approximate surface area is 111 Å². The average molecular weight is 256 g/mol. The number of hydrogen-bond donors (Lipinski definition) is 1. The fourth-order valence-electron chi connectivity index (χ4n) is 2.63. The second-order valence-electron chi connectivity index (χ2n) is 5.48. The maximum Gasteiger partial charge on any atom is 0.347 e. The molecule has 3 heteroatoms. The van der Waals surface area contributed by atoms with Crippen LogP contribution in [0.4, 0.5) is 0 Å². The normalized spacial score (nSPS) is 13.8. The fraction of sp³-hybridized carbons (Fsp3) is 0.312. The van der Waals surface area contributed by atoms with Crippen LogP contribution >= 0.6 is 0 Å². The first kappa shape index (κ1) is 12.0. The maximum atomic E-state index is 11.2. The van der Waals surface area contributed by atoms with Crippen LogP contribution < -0.4 is 4.74 Å². The molecule has 0 saturated carbocycles. The van der Waals surface area contributed by atoms with Crippen molar-refractivity contribution >= 4 is 16.7 Å². The molecule has 0 atom stereocenters.